The Morgan fingerprint density at radius 2 is 1.23 bits per heavy atom. The summed E-state index contributed by atoms with van der Waals surface area (Å²) in [4.78, 5) is 35.7. The third kappa shape index (κ3) is 7.12. The normalized spacial score (nSPS) is 14.6. The highest BCUT2D eigenvalue weighted by atomic mass is 32.1. The molecule has 22 heavy (non-hydrogen) atoms. The summed E-state index contributed by atoms with van der Waals surface area (Å²) in [5, 5.41) is 10.5. The quantitative estimate of drug-likeness (QED) is 0.238. The summed E-state index contributed by atoms with van der Waals surface area (Å²) < 4.78 is 0. The molecule has 0 aromatic heterocycles. The predicted molar refractivity (Wildman–Crippen MR) is 97.0 cm³/mol. The molecular weight excluding hydrogens is 344 g/mol. The standard InChI is InChI=1S/C12H24N4O3S3/c1-3-14-7(4-20)11(18)16-9(6-22)12(19)15-8(5-21)10(17)13-2/h7-9,14,20-22H,3-6H2,1-2H3,(H,13,17)(H,15,19)(H,16,18)/t7-,8-,9-/m0/s1. The second kappa shape index (κ2) is 11.9. The van der Waals surface area contributed by atoms with Gasteiger partial charge < -0.3 is 21.3 Å². The van der Waals surface area contributed by atoms with Crippen LogP contribution in [0.1, 0.15) is 6.92 Å². The van der Waals surface area contributed by atoms with Crippen LogP contribution in [0.4, 0.5) is 0 Å². The minimum absolute atomic E-state index is 0.107. The van der Waals surface area contributed by atoms with Crippen LogP contribution in [0.2, 0.25) is 0 Å². The molecule has 0 unspecified atom stereocenters. The van der Waals surface area contributed by atoms with E-state index in [9.17, 15) is 14.4 Å². The number of carbonyl (C=O) groups is 3. The molecule has 0 radical (unpaired) electrons. The van der Waals surface area contributed by atoms with Gasteiger partial charge in [0.1, 0.15) is 12.1 Å². The van der Waals surface area contributed by atoms with Crippen molar-refractivity contribution in [1.29, 1.82) is 0 Å². The van der Waals surface area contributed by atoms with Crippen molar-refractivity contribution >= 4 is 55.6 Å². The molecule has 7 nitrogen and oxygen atoms in total. The van der Waals surface area contributed by atoms with Crippen molar-refractivity contribution in [3.8, 4) is 0 Å². The fourth-order valence-corrected chi connectivity index (χ4v) is 2.40. The molecule has 0 saturated carbocycles. The van der Waals surface area contributed by atoms with E-state index in [0.717, 1.165) is 0 Å². The average molecular weight is 369 g/mol. The molecule has 128 valence electrons. The summed E-state index contributed by atoms with van der Waals surface area (Å²) in [5.41, 5.74) is 0. The molecule has 0 heterocycles. The highest BCUT2D eigenvalue weighted by Gasteiger charge is 2.26. The molecular formula is C12H24N4O3S3. The van der Waals surface area contributed by atoms with Crippen LogP contribution in [-0.2, 0) is 14.4 Å². The van der Waals surface area contributed by atoms with Gasteiger partial charge in [0.25, 0.3) is 0 Å². The first-order valence-corrected chi connectivity index (χ1v) is 8.73. The minimum Gasteiger partial charge on any atom is -0.357 e. The molecule has 0 aliphatic rings. The Hall–Kier alpha value is -0.580. The van der Waals surface area contributed by atoms with Crippen LogP contribution < -0.4 is 21.3 Å². The number of carbonyl (C=O) groups excluding carboxylic acids is 3. The van der Waals surface area contributed by atoms with Gasteiger partial charge in [0.05, 0.1) is 6.04 Å². The van der Waals surface area contributed by atoms with Crippen molar-refractivity contribution in [1.82, 2.24) is 21.3 Å². The first kappa shape index (κ1) is 21.4. The number of hydrogen-bond donors (Lipinski definition) is 7. The first-order chi connectivity index (χ1) is 10.4. The third-order valence-electron chi connectivity index (χ3n) is 2.83. The minimum atomic E-state index is -0.844. The lowest BCUT2D eigenvalue weighted by molar-refractivity contribution is -0.131. The Bertz CT molecular complexity index is 385. The maximum absolute atomic E-state index is 12.1. The molecule has 0 rings (SSSR count). The summed E-state index contributed by atoms with van der Waals surface area (Å²) in [6.45, 7) is 2.47. The lowest BCUT2D eigenvalue weighted by atomic mass is 10.2. The van der Waals surface area contributed by atoms with Crippen LogP contribution in [0, 0.1) is 0 Å². The zero-order valence-electron chi connectivity index (χ0n) is 12.6. The number of rotatable bonds is 10. The molecule has 0 bridgehead atoms. The highest BCUT2D eigenvalue weighted by Crippen LogP contribution is 1.96. The molecule has 0 aromatic carbocycles. The predicted octanol–water partition coefficient (Wildman–Crippen LogP) is -1.53. The Balaban J connectivity index is 4.71. The molecule has 0 spiro atoms. The summed E-state index contributed by atoms with van der Waals surface area (Å²) in [5.74, 6) is -0.619. The van der Waals surface area contributed by atoms with Gasteiger partial charge in [-0.3, -0.25) is 14.4 Å². The molecule has 4 N–H and O–H groups in total. The van der Waals surface area contributed by atoms with E-state index in [4.69, 9.17) is 0 Å². The van der Waals surface area contributed by atoms with Gasteiger partial charge in [0.15, 0.2) is 0 Å². The number of nitrogens with one attached hydrogen (secondary N) is 4. The zero-order valence-corrected chi connectivity index (χ0v) is 15.3. The number of amides is 3. The SMILES string of the molecule is CCN[C@@H](CS)C(=O)N[C@@H](CS)C(=O)N[C@@H](CS)C(=O)NC. The molecule has 3 atom stereocenters. The lowest BCUT2D eigenvalue weighted by Crippen LogP contribution is -2.57. The average Bonchev–Trinajstić information content (AvgIpc) is 2.53. The highest BCUT2D eigenvalue weighted by molar-refractivity contribution is 7.80. The van der Waals surface area contributed by atoms with Crippen LogP contribution in [0.5, 0.6) is 0 Å². The summed E-state index contributed by atoms with van der Waals surface area (Å²) >= 11 is 12.2. The van der Waals surface area contributed by atoms with Crippen molar-refractivity contribution < 1.29 is 14.4 Å². The van der Waals surface area contributed by atoms with E-state index in [2.05, 4.69) is 59.2 Å². The van der Waals surface area contributed by atoms with Crippen molar-refractivity contribution in [2.24, 2.45) is 0 Å². The van der Waals surface area contributed by atoms with Crippen molar-refractivity contribution in [3.63, 3.8) is 0 Å². The van der Waals surface area contributed by atoms with Crippen molar-refractivity contribution in [2.45, 2.75) is 25.0 Å². The van der Waals surface area contributed by atoms with E-state index in [1.54, 1.807) is 0 Å². The number of hydrogen-bond acceptors (Lipinski definition) is 7. The van der Waals surface area contributed by atoms with Gasteiger partial charge in [0.2, 0.25) is 17.7 Å². The summed E-state index contributed by atoms with van der Waals surface area (Å²) in [6, 6.07) is -2.11. The largest absolute Gasteiger partial charge is 0.357 e. The van der Waals surface area contributed by atoms with Crippen LogP contribution >= 0.6 is 37.9 Å². The maximum atomic E-state index is 12.1. The summed E-state index contributed by atoms with van der Waals surface area (Å²) in [7, 11) is 1.47. The summed E-state index contributed by atoms with van der Waals surface area (Å²) in [6.07, 6.45) is 0. The molecule has 0 fully saturated rings. The van der Waals surface area contributed by atoms with Crippen LogP contribution in [0.3, 0.4) is 0 Å². The Morgan fingerprint density at radius 1 is 0.818 bits per heavy atom. The smallest absolute Gasteiger partial charge is 0.244 e. The van der Waals surface area contributed by atoms with E-state index >= 15 is 0 Å². The van der Waals surface area contributed by atoms with Gasteiger partial charge in [-0.15, -0.1) is 0 Å². The Morgan fingerprint density at radius 3 is 1.59 bits per heavy atom. The topological polar surface area (TPSA) is 99.3 Å². The van der Waals surface area contributed by atoms with Gasteiger partial charge in [-0.05, 0) is 6.54 Å². The van der Waals surface area contributed by atoms with E-state index in [1.807, 2.05) is 6.92 Å². The van der Waals surface area contributed by atoms with Gasteiger partial charge in [-0.25, -0.2) is 0 Å². The first-order valence-electron chi connectivity index (χ1n) is 6.83. The van der Waals surface area contributed by atoms with Crippen molar-refractivity contribution in [3.05, 3.63) is 0 Å². The van der Waals surface area contributed by atoms with Crippen molar-refractivity contribution in [2.75, 3.05) is 30.9 Å². The third-order valence-corrected chi connectivity index (χ3v) is 3.92. The second-order valence-electron chi connectivity index (χ2n) is 4.39. The van der Waals surface area contributed by atoms with Gasteiger partial charge in [-0.1, -0.05) is 6.92 Å². The maximum Gasteiger partial charge on any atom is 0.244 e. The van der Waals surface area contributed by atoms with Crippen LogP contribution in [-0.4, -0.2) is 66.7 Å². The Labute approximate surface area is 147 Å². The molecule has 10 heteroatoms. The van der Waals surface area contributed by atoms with Gasteiger partial charge in [0, 0.05) is 24.3 Å². The van der Waals surface area contributed by atoms with Gasteiger partial charge >= 0.3 is 0 Å². The number of thiol groups is 3. The fraction of sp³-hybridized carbons (Fsp3) is 0.750. The van der Waals surface area contributed by atoms with E-state index in [1.165, 1.54) is 7.05 Å². The number of likely N-dealkylation sites (N-methyl/N-ethyl adjacent to an activating group) is 2. The molecule has 0 saturated heterocycles. The Kier molecular flexibility index (Phi) is 11.6. The fourth-order valence-electron chi connectivity index (χ4n) is 1.59. The molecule has 0 aliphatic heterocycles. The van der Waals surface area contributed by atoms with Gasteiger partial charge in [-0.2, -0.15) is 37.9 Å². The molecule has 0 aliphatic carbocycles. The van der Waals surface area contributed by atoms with E-state index in [0.29, 0.717) is 12.3 Å². The second-order valence-corrected chi connectivity index (χ2v) is 5.49. The van der Waals surface area contributed by atoms with Crippen LogP contribution in [0.15, 0.2) is 0 Å². The molecule has 0 aromatic rings. The van der Waals surface area contributed by atoms with E-state index < -0.39 is 24.0 Å². The lowest BCUT2D eigenvalue weighted by Gasteiger charge is -2.22. The zero-order chi connectivity index (χ0) is 17.1. The van der Waals surface area contributed by atoms with E-state index in [-0.39, 0.29) is 23.3 Å². The monoisotopic (exact) mass is 368 g/mol. The van der Waals surface area contributed by atoms with Crippen LogP contribution in [0.25, 0.3) is 0 Å². The molecule has 3 amide bonds.